The first-order valence-corrected chi connectivity index (χ1v) is 5.08. The molecule has 2 heteroatoms. The molecule has 0 bridgehead atoms. The fourth-order valence-corrected chi connectivity index (χ4v) is 1.57. The Kier molecular flexibility index (Phi) is 2.64. The van der Waals surface area contributed by atoms with Gasteiger partial charge in [-0.25, -0.2) is 0 Å². The maximum atomic E-state index is 5.77. The first-order chi connectivity index (χ1) is 7.68. The summed E-state index contributed by atoms with van der Waals surface area (Å²) < 4.78 is 0. The molecule has 2 aromatic rings. The second-order valence-corrected chi connectivity index (χ2v) is 3.69. The zero-order valence-electron chi connectivity index (χ0n) is 8.98. The van der Waals surface area contributed by atoms with Gasteiger partial charge in [0.1, 0.15) is 0 Å². The lowest BCUT2D eigenvalue weighted by molar-refractivity contribution is 1.55. The summed E-state index contributed by atoms with van der Waals surface area (Å²) in [6.07, 6.45) is 0. The Hall–Kier alpha value is -2.22. The van der Waals surface area contributed by atoms with Gasteiger partial charge in [-0.1, -0.05) is 43.0 Å². The number of anilines is 2. The van der Waals surface area contributed by atoms with E-state index in [1.54, 1.807) is 6.07 Å². The van der Waals surface area contributed by atoms with Gasteiger partial charge in [0.15, 0.2) is 0 Å². The molecule has 2 nitrogen and oxygen atoms in total. The van der Waals surface area contributed by atoms with Gasteiger partial charge in [0, 0.05) is 0 Å². The molecule has 16 heavy (non-hydrogen) atoms. The first-order valence-electron chi connectivity index (χ1n) is 5.08. The maximum absolute atomic E-state index is 5.77. The predicted molar refractivity (Wildman–Crippen MR) is 69.8 cm³/mol. The highest BCUT2D eigenvalue weighted by atomic mass is 14.7. The minimum Gasteiger partial charge on any atom is -0.397 e. The van der Waals surface area contributed by atoms with Gasteiger partial charge < -0.3 is 11.5 Å². The highest BCUT2D eigenvalue weighted by Crippen LogP contribution is 2.25. The van der Waals surface area contributed by atoms with Crippen molar-refractivity contribution in [2.45, 2.75) is 0 Å². The molecule has 0 amide bonds. The SMILES string of the molecule is C=C(c1ccccc1)c1ccc(N)c(N)c1. The molecule has 0 aliphatic carbocycles. The lowest BCUT2D eigenvalue weighted by Gasteiger charge is -2.08. The van der Waals surface area contributed by atoms with Crippen LogP contribution in [0.2, 0.25) is 0 Å². The molecule has 0 saturated heterocycles. The minimum atomic E-state index is 0.592. The van der Waals surface area contributed by atoms with Gasteiger partial charge in [0.25, 0.3) is 0 Å². The summed E-state index contributed by atoms with van der Waals surface area (Å²) in [5.41, 5.74) is 15.7. The zero-order valence-corrected chi connectivity index (χ0v) is 8.98. The number of hydrogen-bond donors (Lipinski definition) is 2. The van der Waals surface area contributed by atoms with Gasteiger partial charge in [-0.15, -0.1) is 0 Å². The van der Waals surface area contributed by atoms with Gasteiger partial charge >= 0.3 is 0 Å². The van der Waals surface area contributed by atoms with Crippen molar-refractivity contribution in [2.75, 3.05) is 11.5 Å². The summed E-state index contributed by atoms with van der Waals surface area (Å²) in [5, 5.41) is 0. The Balaban J connectivity index is 2.39. The van der Waals surface area contributed by atoms with E-state index in [-0.39, 0.29) is 0 Å². The summed E-state index contributed by atoms with van der Waals surface area (Å²) >= 11 is 0. The molecule has 0 heterocycles. The van der Waals surface area contributed by atoms with Crippen LogP contribution in [0.3, 0.4) is 0 Å². The van der Waals surface area contributed by atoms with Crippen LogP contribution in [0.5, 0.6) is 0 Å². The molecule has 80 valence electrons. The molecule has 2 rings (SSSR count). The third-order valence-electron chi connectivity index (χ3n) is 2.56. The summed E-state index contributed by atoms with van der Waals surface area (Å²) in [7, 11) is 0. The topological polar surface area (TPSA) is 52.0 Å². The van der Waals surface area contributed by atoms with Crippen LogP contribution in [0.1, 0.15) is 11.1 Å². The van der Waals surface area contributed by atoms with Crippen molar-refractivity contribution in [3.05, 3.63) is 66.2 Å². The van der Waals surface area contributed by atoms with Crippen molar-refractivity contribution in [2.24, 2.45) is 0 Å². The second-order valence-electron chi connectivity index (χ2n) is 3.69. The number of benzene rings is 2. The summed E-state index contributed by atoms with van der Waals surface area (Å²) in [5.74, 6) is 0. The zero-order chi connectivity index (χ0) is 11.5. The van der Waals surface area contributed by atoms with E-state index < -0.39 is 0 Å². The Morgan fingerprint density at radius 3 is 2.12 bits per heavy atom. The third kappa shape index (κ3) is 1.91. The summed E-state index contributed by atoms with van der Waals surface area (Å²) in [4.78, 5) is 0. The number of nitrogens with two attached hydrogens (primary N) is 2. The highest BCUT2D eigenvalue weighted by molar-refractivity contribution is 5.81. The lowest BCUT2D eigenvalue weighted by atomic mass is 9.99. The Bertz CT molecular complexity index is 516. The number of rotatable bonds is 2. The van der Waals surface area contributed by atoms with Crippen LogP contribution in [0.4, 0.5) is 11.4 Å². The van der Waals surface area contributed by atoms with E-state index in [1.807, 2.05) is 42.5 Å². The molecule has 0 atom stereocenters. The van der Waals surface area contributed by atoms with Crippen molar-refractivity contribution in [1.82, 2.24) is 0 Å². The highest BCUT2D eigenvalue weighted by Gasteiger charge is 2.03. The van der Waals surface area contributed by atoms with Crippen molar-refractivity contribution in [3.63, 3.8) is 0 Å². The molecular weight excluding hydrogens is 196 g/mol. The molecule has 0 aromatic heterocycles. The normalized spacial score (nSPS) is 10.0. The monoisotopic (exact) mass is 210 g/mol. The van der Waals surface area contributed by atoms with E-state index in [4.69, 9.17) is 11.5 Å². The Labute approximate surface area is 95.2 Å². The van der Waals surface area contributed by atoms with Crippen LogP contribution in [0, 0.1) is 0 Å². The van der Waals surface area contributed by atoms with Crippen LogP contribution < -0.4 is 11.5 Å². The molecule has 0 radical (unpaired) electrons. The molecule has 4 N–H and O–H groups in total. The standard InChI is InChI=1S/C14H14N2/c1-10(11-5-3-2-4-6-11)12-7-8-13(15)14(16)9-12/h2-9H,1,15-16H2. The van der Waals surface area contributed by atoms with E-state index in [0.717, 1.165) is 16.7 Å². The first kappa shape index (κ1) is 10.3. The number of nitrogen functional groups attached to an aromatic ring is 2. The fraction of sp³-hybridized carbons (Fsp3) is 0. The minimum absolute atomic E-state index is 0.592. The van der Waals surface area contributed by atoms with Gasteiger partial charge in [-0.05, 0) is 28.8 Å². The second kappa shape index (κ2) is 4.11. The van der Waals surface area contributed by atoms with E-state index in [9.17, 15) is 0 Å². The molecule has 0 fully saturated rings. The smallest absolute Gasteiger partial charge is 0.0554 e. The van der Waals surface area contributed by atoms with Crippen molar-refractivity contribution >= 4 is 16.9 Å². The van der Waals surface area contributed by atoms with Crippen molar-refractivity contribution in [1.29, 1.82) is 0 Å². The Morgan fingerprint density at radius 1 is 0.812 bits per heavy atom. The molecular formula is C14H14N2. The van der Waals surface area contributed by atoms with E-state index in [2.05, 4.69) is 6.58 Å². The molecule has 0 saturated carbocycles. The van der Waals surface area contributed by atoms with Crippen molar-refractivity contribution in [3.8, 4) is 0 Å². The average molecular weight is 210 g/mol. The molecule has 0 aliphatic heterocycles. The predicted octanol–water partition coefficient (Wildman–Crippen LogP) is 2.91. The average Bonchev–Trinajstić information content (AvgIpc) is 2.33. The summed E-state index contributed by atoms with van der Waals surface area (Å²) in [6.45, 7) is 4.07. The van der Waals surface area contributed by atoms with Crippen molar-refractivity contribution < 1.29 is 0 Å². The van der Waals surface area contributed by atoms with Crippen LogP contribution in [0.15, 0.2) is 55.1 Å². The van der Waals surface area contributed by atoms with Crippen LogP contribution in [0.25, 0.3) is 5.57 Å². The molecule has 0 unspecified atom stereocenters. The quantitative estimate of drug-likeness (QED) is 0.749. The molecule has 0 aliphatic rings. The van der Waals surface area contributed by atoms with Crippen LogP contribution >= 0.6 is 0 Å². The van der Waals surface area contributed by atoms with Crippen LogP contribution in [-0.4, -0.2) is 0 Å². The molecule has 2 aromatic carbocycles. The number of hydrogen-bond acceptors (Lipinski definition) is 2. The fourth-order valence-electron chi connectivity index (χ4n) is 1.57. The maximum Gasteiger partial charge on any atom is 0.0554 e. The third-order valence-corrected chi connectivity index (χ3v) is 2.56. The van der Waals surface area contributed by atoms with E-state index in [0.29, 0.717) is 11.4 Å². The molecule has 0 spiro atoms. The summed E-state index contributed by atoms with van der Waals surface area (Å²) in [6, 6.07) is 15.6. The van der Waals surface area contributed by atoms with Gasteiger partial charge in [-0.2, -0.15) is 0 Å². The van der Waals surface area contributed by atoms with E-state index in [1.165, 1.54) is 0 Å². The van der Waals surface area contributed by atoms with E-state index >= 15 is 0 Å². The van der Waals surface area contributed by atoms with Crippen LogP contribution in [-0.2, 0) is 0 Å². The van der Waals surface area contributed by atoms with Gasteiger partial charge in [-0.3, -0.25) is 0 Å². The Morgan fingerprint density at radius 2 is 1.50 bits per heavy atom. The van der Waals surface area contributed by atoms with Gasteiger partial charge in [0.05, 0.1) is 11.4 Å². The largest absolute Gasteiger partial charge is 0.397 e. The lowest BCUT2D eigenvalue weighted by Crippen LogP contribution is -1.96. The van der Waals surface area contributed by atoms with Gasteiger partial charge in [0.2, 0.25) is 0 Å².